The molecule has 7 nitrogen and oxygen atoms in total. The molecular formula is C27H30N2O5. The fourth-order valence-corrected chi connectivity index (χ4v) is 3.43. The van der Waals surface area contributed by atoms with Crippen molar-refractivity contribution in [1.82, 2.24) is 10.6 Å². The van der Waals surface area contributed by atoms with E-state index in [0.717, 1.165) is 28.2 Å². The lowest BCUT2D eigenvalue weighted by Crippen LogP contribution is -2.42. The van der Waals surface area contributed by atoms with Gasteiger partial charge in [-0.05, 0) is 60.0 Å². The predicted molar refractivity (Wildman–Crippen MR) is 130 cm³/mol. The van der Waals surface area contributed by atoms with Gasteiger partial charge in [0.1, 0.15) is 23.4 Å². The molecule has 0 spiro atoms. The van der Waals surface area contributed by atoms with Gasteiger partial charge in [-0.1, -0.05) is 36.4 Å². The standard InChI is InChI=1S/C27H30N2O5/c1-4-34-24-7-5-6-21(18-24)27(28-25(30)16-19-8-12-22(32-2)13-9-19)29-26(31)17-20-10-14-23(33-3)15-11-20/h5-15,18,27H,4,16-17H2,1-3H3,(H,28,30)(H,29,31). The van der Waals surface area contributed by atoms with Crippen LogP contribution in [0.15, 0.2) is 72.8 Å². The van der Waals surface area contributed by atoms with Gasteiger partial charge in [0.25, 0.3) is 0 Å². The molecule has 0 aliphatic carbocycles. The summed E-state index contributed by atoms with van der Waals surface area (Å²) < 4.78 is 15.9. The Kier molecular flexibility index (Phi) is 8.91. The second kappa shape index (κ2) is 12.3. The number of hydrogen-bond acceptors (Lipinski definition) is 5. The second-order valence-electron chi connectivity index (χ2n) is 7.62. The zero-order valence-electron chi connectivity index (χ0n) is 19.7. The highest BCUT2D eigenvalue weighted by atomic mass is 16.5. The van der Waals surface area contributed by atoms with E-state index in [9.17, 15) is 9.59 Å². The van der Waals surface area contributed by atoms with Gasteiger partial charge in [-0.25, -0.2) is 0 Å². The Morgan fingerprint density at radius 2 is 1.24 bits per heavy atom. The normalized spacial score (nSPS) is 10.5. The van der Waals surface area contributed by atoms with E-state index in [0.29, 0.717) is 12.4 Å². The van der Waals surface area contributed by atoms with Crippen LogP contribution >= 0.6 is 0 Å². The minimum atomic E-state index is -0.711. The van der Waals surface area contributed by atoms with Crippen LogP contribution in [0.2, 0.25) is 0 Å². The first-order valence-electron chi connectivity index (χ1n) is 11.1. The van der Waals surface area contributed by atoms with Gasteiger partial charge in [-0.3, -0.25) is 9.59 Å². The van der Waals surface area contributed by atoms with Crippen LogP contribution in [-0.2, 0) is 22.4 Å². The van der Waals surface area contributed by atoms with E-state index in [1.54, 1.807) is 14.2 Å². The average molecular weight is 463 g/mol. The number of benzene rings is 3. The van der Waals surface area contributed by atoms with Crippen molar-refractivity contribution in [3.05, 3.63) is 89.5 Å². The molecule has 0 radical (unpaired) electrons. The van der Waals surface area contributed by atoms with Crippen molar-refractivity contribution < 1.29 is 23.8 Å². The molecule has 34 heavy (non-hydrogen) atoms. The molecule has 7 heteroatoms. The van der Waals surface area contributed by atoms with Gasteiger partial charge >= 0.3 is 0 Å². The molecule has 0 saturated heterocycles. The number of carbonyl (C=O) groups is 2. The Balaban J connectivity index is 1.73. The number of carbonyl (C=O) groups excluding carboxylic acids is 2. The van der Waals surface area contributed by atoms with Crippen molar-refractivity contribution in [2.45, 2.75) is 25.9 Å². The lowest BCUT2D eigenvalue weighted by atomic mass is 10.1. The fraction of sp³-hybridized carbons (Fsp3) is 0.259. The Bertz CT molecular complexity index is 1020. The Morgan fingerprint density at radius 1 is 0.735 bits per heavy atom. The molecule has 0 bridgehead atoms. The van der Waals surface area contributed by atoms with E-state index in [-0.39, 0.29) is 24.7 Å². The van der Waals surface area contributed by atoms with Gasteiger partial charge in [-0.2, -0.15) is 0 Å². The molecule has 3 aromatic carbocycles. The summed E-state index contributed by atoms with van der Waals surface area (Å²) in [6.45, 7) is 2.42. The maximum atomic E-state index is 12.8. The quantitative estimate of drug-likeness (QED) is 0.423. The second-order valence-corrected chi connectivity index (χ2v) is 7.62. The summed E-state index contributed by atoms with van der Waals surface area (Å²) in [4.78, 5) is 25.7. The van der Waals surface area contributed by atoms with Gasteiger partial charge in [0.05, 0.1) is 33.7 Å². The van der Waals surface area contributed by atoms with Crippen molar-refractivity contribution in [2.24, 2.45) is 0 Å². The van der Waals surface area contributed by atoms with Crippen molar-refractivity contribution in [1.29, 1.82) is 0 Å². The molecule has 0 fully saturated rings. The minimum Gasteiger partial charge on any atom is -0.497 e. The van der Waals surface area contributed by atoms with Crippen LogP contribution in [-0.4, -0.2) is 32.6 Å². The summed E-state index contributed by atoms with van der Waals surface area (Å²) in [6, 6.07) is 21.9. The van der Waals surface area contributed by atoms with E-state index in [1.807, 2.05) is 79.7 Å². The van der Waals surface area contributed by atoms with Crippen molar-refractivity contribution >= 4 is 11.8 Å². The number of amides is 2. The van der Waals surface area contributed by atoms with Crippen LogP contribution in [0.25, 0.3) is 0 Å². The highest BCUT2D eigenvalue weighted by Gasteiger charge is 2.18. The molecule has 0 saturated carbocycles. The van der Waals surface area contributed by atoms with Crippen LogP contribution in [0.3, 0.4) is 0 Å². The summed E-state index contributed by atoms with van der Waals surface area (Å²) in [5.74, 6) is 1.67. The van der Waals surface area contributed by atoms with E-state index in [2.05, 4.69) is 10.6 Å². The molecule has 2 amide bonds. The molecule has 0 aliphatic rings. The predicted octanol–water partition coefficient (Wildman–Crippen LogP) is 3.82. The largest absolute Gasteiger partial charge is 0.497 e. The Morgan fingerprint density at radius 3 is 1.68 bits per heavy atom. The summed E-state index contributed by atoms with van der Waals surface area (Å²) in [7, 11) is 3.19. The molecule has 0 unspecified atom stereocenters. The first-order chi connectivity index (χ1) is 16.5. The topological polar surface area (TPSA) is 85.9 Å². The molecule has 0 atom stereocenters. The van der Waals surface area contributed by atoms with E-state index in [1.165, 1.54) is 0 Å². The van der Waals surface area contributed by atoms with Gasteiger partial charge in [-0.15, -0.1) is 0 Å². The maximum absolute atomic E-state index is 12.8. The van der Waals surface area contributed by atoms with Crippen LogP contribution in [0.5, 0.6) is 17.2 Å². The minimum absolute atomic E-state index is 0.167. The van der Waals surface area contributed by atoms with Gasteiger partial charge in [0, 0.05) is 0 Å². The van der Waals surface area contributed by atoms with E-state index in [4.69, 9.17) is 14.2 Å². The van der Waals surface area contributed by atoms with Crippen LogP contribution in [0.1, 0.15) is 29.8 Å². The lowest BCUT2D eigenvalue weighted by Gasteiger charge is -2.22. The van der Waals surface area contributed by atoms with E-state index >= 15 is 0 Å². The number of methoxy groups -OCH3 is 2. The first kappa shape index (κ1) is 24.6. The molecule has 178 valence electrons. The van der Waals surface area contributed by atoms with Crippen molar-refractivity contribution in [3.63, 3.8) is 0 Å². The van der Waals surface area contributed by atoms with Crippen LogP contribution in [0, 0.1) is 0 Å². The van der Waals surface area contributed by atoms with E-state index < -0.39 is 6.17 Å². The molecule has 0 aliphatic heterocycles. The van der Waals surface area contributed by atoms with Crippen molar-refractivity contribution in [2.75, 3.05) is 20.8 Å². The highest BCUT2D eigenvalue weighted by Crippen LogP contribution is 2.19. The summed E-state index contributed by atoms with van der Waals surface area (Å²) in [5.41, 5.74) is 2.39. The van der Waals surface area contributed by atoms with Gasteiger partial charge in [0.2, 0.25) is 11.8 Å². The fourth-order valence-electron chi connectivity index (χ4n) is 3.43. The average Bonchev–Trinajstić information content (AvgIpc) is 2.85. The molecule has 3 aromatic rings. The summed E-state index contributed by atoms with van der Waals surface area (Å²) in [6.07, 6.45) is -0.378. The molecule has 0 heterocycles. The molecule has 0 aromatic heterocycles. The Hall–Kier alpha value is -4.00. The Labute approximate surface area is 200 Å². The van der Waals surface area contributed by atoms with Gasteiger partial charge < -0.3 is 24.8 Å². The third kappa shape index (κ3) is 7.27. The van der Waals surface area contributed by atoms with Crippen LogP contribution in [0.4, 0.5) is 0 Å². The summed E-state index contributed by atoms with van der Waals surface area (Å²) in [5, 5.41) is 5.87. The highest BCUT2D eigenvalue weighted by molar-refractivity contribution is 5.82. The third-order valence-electron chi connectivity index (χ3n) is 5.16. The van der Waals surface area contributed by atoms with Crippen molar-refractivity contribution in [3.8, 4) is 17.2 Å². The smallest absolute Gasteiger partial charge is 0.226 e. The SMILES string of the molecule is CCOc1cccc(C(NC(=O)Cc2ccc(OC)cc2)NC(=O)Cc2ccc(OC)cc2)c1. The lowest BCUT2D eigenvalue weighted by molar-refractivity contribution is -0.123. The van der Waals surface area contributed by atoms with Gasteiger partial charge in [0.15, 0.2) is 0 Å². The number of nitrogens with one attached hydrogen (secondary N) is 2. The molecular weight excluding hydrogens is 432 g/mol. The molecule has 2 N–H and O–H groups in total. The number of ether oxygens (including phenoxy) is 3. The maximum Gasteiger partial charge on any atom is 0.226 e. The first-order valence-corrected chi connectivity index (χ1v) is 11.1. The monoisotopic (exact) mass is 462 g/mol. The summed E-state index contributed by atoms with van der Waals surface area (Å²) >= 11 is 0. The zero-order chi connectivity index (χ0) is 24.3. The molecule has 3 rings (SSSR count). The van der Waals surface area contributed by atoms with Crippen LogP contribution < -0.4 is 24.8 Å². The number of rotatable bonds is 11. The zero-order valence-corrected chi connectivity index (χ0v) is 19.7. The third-order valence-corrected chi connectivity index (χ3v) is 5.16. The number of hydrogen-bond donors (Lipinski definition) is 2.